The fourth-order valence-corrected chi connectivity index (χ4v) is 5.03. The SMILES string of the molecule is O=C1CCSc2c1cccc2C(=O)NCCCN1CCCc2ccccc21. The summed E-state index contributed by atoms with van der Waals surface area (Å²) in [6, 6.07) is 14.1. The number of Topliss-reactive ketones (excluding diaryl/α,β-unsaturated/α-hetero) is 1. The van der Waals surface area contributed by atoms with Gasteiger partial charge in [-0.05, 0) is 37.0 Å². The van der Waals surface area contributed by atoms with Gasteiger partial charge in [-0.2, -0.15) is 0 Å². The number of amides is 1. The van der Waals surface area contributed by atoms with Crippen molar-refractivity contribution in [1.29, 1.82) is 0 Å². The largest absolute Gasteiger partial charge is 0.371 e. The van der Waals surface area contributed by atoms with Gasteiger partial charge in [-0.25, -0.2) is 0 Å². The van der Waals surface area contributed by atoms with Gasteiger partial charge in [-0.1, -0.05) is 30.3 Å². The van der Waals surface area contributed by atoms with Gasteiger partial charge >= 0.3 is 0 Å². The van der Waals surface area contributed by atoms with E-state index in [0.717, 1.165) is 36.6 Å². The lowest BCUT2D eigenvalue weighted by Crippen LogP contribution is -2.33. The molecule has 2 aromatic rings. The molecule has 0 aliphatic carbocycles. The monoisotopic (exact) mass is 380 g/mol. The van der Waals surface area contributed by atoms with Gasteiger partial charge in [0, 0.05) is 48.0 Å². The summed E-state index contributed by atoms with van der Waals surface area (Å²) in [5.74, 6) is 0.820. The Hall–Kier alpha value is -2.27. The van der Waals surface area contributed by atoms with Crippen LogP contribution in [0.3, 0.4) is 0 Å². The first-order valence-electron chi connectivity index (χ1n) is 9.64. The van der Waals surface area contributed by atoms with E-state index in [1.165, 1.54) is 17.7 Å². The summed E-state index contributed by atoms with van der Waals surface area (Å²) in [5.41, 5.74) is 4.09. The maximum absolute atomic E-state index is 12.6. The third-order valence-electron chi connectivity index (χ3n) is 5.23. The third-order valence-corrected chi connectivity index (χ3v) is 6.37. The maximum atomic E-state index is 12.6. The molecule has 1 amide bonds. The molecule has 2 aliphatic rings. The fraction of sp³-hybridized carbons (Fsp3) is 0.364. The summed E-state index contributed by atoms with van der Waals surface area (Å²) in [6.07, 6.45) is 3.80. The zero-order chi connectivity index (χ0) is 18.6. The van der Waals surface area contributed by atoms with Crippen molar-refractivity contribution in [2.45, 2.75) is 30.6 Å². The molecule has 140 valence electrons. The number of nitrogens with one attached hydrogen (secondary N) is 1. The van der Waals surface area contributed by atoms with Crippen molar-refractivity contribution in [2.75, 3.05) is 30.3 Å². The number of ketones is 1. The van der Waals surface area contributed by atoms with Crippen LogP contribution in [0.15, 0.2) is 47.4 Å². The molecule has 4 rings (SSSR count). The Bertz CT molecular complexity index is 865. The zero-order valence-corrected chi connectivity index (χ0v) is 16.2. The van der Waals surface area contributed by atoms with Gasteiger partial charge in [0.05, 0.1) is 5.56 Å². The average Bonchev–Trinajstić information content (AvgIpc) is 2.71. The topological polar surface area (TPSA) is 49.4 Å². The van der Waals surface area contributed by atoms with Crippen LogP contribution in [0.2, 0.25) is 0 Å². The number of nitrogens with zero attached hydrogens (tertiary/aromatic N) is 1. The highest BCUT2D eigenvalue weighted by molar-refractivity contribution is 7.99. The Labute approximate surface area is 164 Å². The normalized spacial score (nSPS) is 15.9. The van der Waals surface area contributed by atoms with E-state index in [4.69, 9.17) is 0 Å². The molecule has 2 aliphatic heterocycles. The molecule has 5 heteroatoms. The Morgan fingerprint density at radius 3 is 2.93 bits per heavy atom. The van der Waals surface area contributed by atoms with E-state index >= 15 is 0 Å². The van der Waals surface area contributed by atoms with E-state index in [0.29, 0.717) is 24.1 Å². The lowest BCUT2D eigenvalue weighted by molar-refractivity contribution is 0.0950. The van der Waals surface area contributed by atoms with Crippen LogP contribution < -0.4 is 10.2 Å². The first kappa shape index (κ1) is 18.1. The number of hydrogen-bond acceptors (Lipinski definition) is 4. The second kappa shape index (κ2) is 8.17. The molecule has 0 spiro atoms. The highest BCUT2D eigenvalue weighted by atomic mass is 32.2. The molecule has 0 aromatic heterocycles. The Morgan fingerprint density at radius 2 is 2.00 bits per heavy atom. The predicted molar refractivity (Wildman–Crippen MR) is 110 cm³/mol. The number of rotatable bonds is 5. The lowest BCUT2D eigenvalue weighted by atomic mass is 10.0. The molecule has 2 heterocycles. The second-order valence-corrected chi connectivity index (χ2v) is 8.14. The molecule has 0 unspecified atom stereocenters. The molecule has 4 nitrogen and oxygen atoms in total. The first-order chi connectivity index (χ1) is 13.2. The van der Waals surface area contributed by atoms with E-state index in [2.05, 4.69) is 34.5 Å². The zero-order valence-electron chi connectivity index (χ0n) is 15.4. The lowest BCUT2D eigenvalue weighted by Gasteiger charge is -2.31. The standard InChI is InChI=1S/C22H24N2O2S/c25-20-11-15-27-21-17(20)8-3-9-18(21)22(26)23-12-5-14-24-13-4-7-16-6-1-2-10-19(16)24/h1-3,6,8-10H,4-5,7,11-15H2,(H,23,26). The van der Waals surface area contributed by atoms with Crippen molar-refractivity contribution in [3.05, 3.63) is 59.2 Å². The summed E-state index contributed by atoms with van der Waals surface area (Å²) in [6.45, 7) is 2.66. The van der Waals surface area contributed by atoms with Crippen LogP contribution >= 0.6 is 11.8 Å². The second-order valence-electron chi connectivity index (χ2n) is 7.03. The van der Waals surface area contributed by atoms with E-state index in [-0.39, 0.29) is 11.7 Å². The molecule has 0 fully saturated rings. The number of para-hydroxylation sites is 1. The van der Waals surface area contributed by atoms with Gasteiger partial charge in [0.1, 0.15) is 0 Å². The number of carbonyl (C=O) groups excluding carboxylic acids is 2. The molecule has 0 radical (unpaired) electrons. The van der Waals surface area contributed by atoms with Crippen LogP contribution in [0, 0.1) is 0 Å². The summed E-state index contributed by atoms with van der Waals surface area (Å²) in [5, 5.41) is 3.04. The van der Waals surface area contributed by atoms with Crippen molar-refractivity contribution in [1.82, 2.24) is 5.32 Å². The number of carbonyl (C=O) groups is 2. The minimum Gasteiger partial charge on any atom is -0.371 e. The molecule has 0 saturated heterocycles. The van der Waals surface area contributed by atoms with E-state index < -0.39 is 0 Å². The fourth-order valence-electron chi connectivity index (χ4n) is 3.88. The Morgan fingerprint density at radius 1 is 1.11 bits per heavy atom. The predicted octanol–water partition coefficient (Wildman–Crippen LogP) is 3.94. The van der Waals surface area contributed by atoms with Crippen molar-refractivity contribution in [3.63, 3.8) is 0 Å². The van der Waals surface area contributed by atoms with Gasteiger partial charge in [0.25, 0.3) is 5.91 Å². The van der Waals surface area contributed by atoms with Gasteiger partial charge in [-0.15, -0.1) is 11.8 Å². The van der Waals surface area contributed by atoms with Crippen LogP contribution in [-0.4, -0.2) is 37.1 Å². The van der Waals surface area contributed by atoms with E-state index in [9.17, 15) is 9.59 Å². The highest BCUT2D eigenvalue weighted by Gasteiger charge is 2.23. The van der Waals surface area contributed by atoms with Crippen molar-refractivity contribution < 1.29 is 9.59 Å². The van der Waals surface area contributed by atoms with Crippen molar-refractivity contribution >= 4 is 29.1 Å². The molecule has 2 aromatic carbocycles. The number of thioether (sulfide) groups is 1. The molecular weight excluding hydrogens is 356 g/mol. The summed E-state index contributed by atoms with van der Waals surface area (Å²) in [4.78, 5) is 27.9. The van der Waals surface area contributed by atoms with Gasteiger partial charge in [-0.3, -0.25) is 9.59 Å². The molecule has 0 atom stereocenters. The van der Waals surface area contributed by atoms with Gasteiger partial charge in [0.15, 0.2) is 5.78 Å². The molecule has 1 N–H and O–H groups in total. The Kier molecular flexibility index (Phi) is 5.48. The molecule has 27 heavy (non-hydrogen) atoms. The summed E-state index contributed by atoms with van der Waals surface area (Å²) >= 11 is 1.61. The van der Waals surface area contributed by atoms with E-state index in [1.54, 1.807) is 11.8 Å². The average molecular weight is 381 g/mol. The number of anilines is 1. The quantitative estimate of drug-likeness (QED) is 0.799. The highest BCUT2D eigenvalue weighted by Crippen LogP contribution is 2.33. The number of aryl methyl sites for hydroxylation is 1. The van der Waals surface area contributed by atoms with Crippen molar-refractivity contribution in [2.24, 2.45) is 0 Å². The number of hydrogen-bond donors (Lipinski definition) is 1. The van der Waals surface area contributed by atoms with Crippen LogP contribution in [-0.2, 0) is 6.42 Å². The maximum Gasteiger partial charge on any atom is 0.252 e. The minimum absolute atomic E-state index is 0.0758. The molecular formula is C22H24N2O2S. The minimum atomic E-state index is -0.0758. The number of fused-ring (bicyclic) bond motifs is 2. The van der Waals surface area contributed by atoms with Crippen LogP contribution in [0.1, 0.15) is 45.5 Å². The number of benzene rings is 2. The van der Waals surface area contributed by atoms with Gasteiger partial charge < -0.3 is 10.2 Å². The molecule has 0 saturated carbocycles. The van der Waals surface area contributed by atoms with Crippen molar-refractivity contribution in [3.8, 4) is 0 Å². The Balaban J connectivity index is 1.34. The molecule has 0 bridgehead atoms. The third kappa shape index (κ3) is 3.88. The van der Waals surface area contributed by atoms with Crippen LogP contribution in [0.5, 0.6) is 0 Å². The first-order valence-corrected chi connectivity index (χ1v) is 10.6. The van der Waals surface area contributed by atoms with Crippen LogP contribution in [0.25, 0.3) is 0 Å². The van der Waals surface area contributed by atoms with Gasteiger partial charge in [0.2, 0.25) is 0 Å². The van der Waals surface area contributed by atoms with E-state index in [1.807, 2.05) is 18.2 Å². The summed E-state index contributed by atoms with van der Waals surface area (Å²) < 4.78 is 0. The summed E-state index contributed by atoms with van der Waals surface area (Å²) in [7, 11) is 0. The van der Waals surface area contributed by atoms with Crippen LogP contribution in [0.4, 0.5) is 5.69 Å². The smallest absolute Gasteiger partial charge is 0.252 e.